The van der Waals surface area contributed by atoms with Crippen molar-refractivity contribution in [3.05, 3.63) is 24.0 Å². The molecule has 0 aromatic carbocycles. The molecule has 0 bridgehead atoms. The summed E-state index contributed by atoms with van der Waals surface area (Å²) in [5.74, 6) is -0.0616. The molecule has 1 fully saturated rings. The average Bonchev–Trinajstić information content (AvgIpc) is 2.65. The predicted octanol–water partition coefficient (Wildman–Crippen LogP) is 1.60. The quantitative estimate of drug-likeness (QED) is 0.586. The molecule has 0 radical (unpaired) electrons. The van der Waals surface area contributed by atoms with Crippen LogP contribution in [0.15, 0.2) is 23.4 Å². The Morgan fingerprint density at radius 3 is 2.64 bits per heavy atom. The molecule has 1 N–H and O–H groups in total. The van der Waals surface area contributed by atoms with E-state index in [0.717, 1.165) is 0 Å². The zero-order chi connectivity index (χ0) is 20.3. The summed E-state index contributed by atoms with van der Waals surface area (Å²) in [6, 6.07) is 3.58. The summed E-state index contributed by atoms with van der Waals surface area (Å²) in [6.07, 6.45) is -2.03. The first-order chi connectivity index (χ1) is 13.2. The number of rotatable bonds is 2. The van der Waals surface area contributed by atoms with Gasteiger partial charge >= 0.3 is 6.18 Å². The molecule has 0 saturated carbocycles. The van der Waals surface area contributed by atoms with Crippen molar-refractivity contribution < 1.29 is 18.0 Å². The Labute approximate surface area is 166 Å². The Bertz CT molecular complexity index is 776. The van der Waals surface area contributed by atoms with E-state index in [1.165, 1.54) is 11.8 Å². The highest BCUT2D eigenvalue weighted by atomic mass is 32.1. The molecule has 1 amide bonds. The summed E-state index contributed by atoms with van der Waals surface area (Å²) in [5.41, 5.74) is 4.84. The number of aromatic nitrogens is 1. The molecule has 152 valence electrons. The Balaban J connectivity index is 1.61. The fourth-order valence-electron chi connectivity index (χ4n) is 3.28. The van der Waals surface area contributed by atoms with Gasteiger partial charge in [-0.3, -0.25) is 20.1 Å². The number of halogens is 3. The van der Waals surface area contributed by atoms with Crippen molar-refractivity contribution in [3.8, 4) is 0 Å². The molecule has 3 heterocycles. The minimum absolute atomic E-state index is 0.0616. The number of hydrazone groups is 1. The lowest BCUT2D eigenvalue weighted by molar-refractivity contribution is -0.148. The van der Waals surface area contributed by atoms with Gasteiger partial charge in [0.1, 0.15) is 5.69 Å². The molecule has 0 aliphatic carbocycles. The second-order valence-electron chi connectivity index (χ2n) is 6.65. The van der Waals surface area contributed by atoms with Crippen LogP contribution in [0, 0.1) is 0 Å². The van der Waals surface area contributed by atoms with Gasteiger partial charge in [-0.25, -0.2) is 0 Å². The molecule has 0 spiro atoms. The van der Waals surface area contributed by atoms with Crippen LogP contribution in [0.3, 0.4) is 0 Å². The normalized spacial score (nSPS) is 19.5. The van der Waals surface area contributed by atoms with Crippen LogP contribution in [0.1, 0.15) is 19.0 Å². The third kappa shape index (κ3) is 4.96. The van der Waals surface area contributed by atoms with E-state index in [1.807, 2.05) is 6.07 Å². The number of thiocarbonyl (C=S) groups is 1. The number of fused-ring (bicyclic) bond motifs is 1. The highest BCUT2D eigenvalue weighted by molar-refractivity contribution is 7.80. The minimum Gasteiger partial charge on any atom is -0.345 e. The van der Waals surface area contributed by atoms with Gasteiger partial charge in [0.05, 0.1) is 17.9 Å². The van der Waals surface area contributed by atoms with Gasteiger partial charge in [-0.05, 0) is 24.4 Å². The van der Waals surface area contributed by atoms with E-state index in [9.17, 15) is 18.0 Å². The van der Waals surface area contributed by atoms with Crippen LogP contribution >= 0.6 is 12.2 Å². The Kier molecular flexibility index (Phi) is 6.14. The number of piperazine rings is 1. The molecule has 1 aromatic heterocycles. The topological polar surface area (TPSA) is 64.1 Å². The van der Waals surface area contributed by atoms with Crippen molar-refractivity contribution in [2.45, 2.75) is 19.5 Å². The monoisotopic (exact) mass is 414 g/mol. The highest BCUT2D eigenvalue weighted by Gasteiger charge is 2.32. The molecule has 0 unspecified atom stereocenters. The maximum atomic E-state index is 12.5. The van der Waals surface area contributed by atoms with Crippen LogP contribution < -0.4 is 10.3 Å². The van der Waals surface area contributed by atoms with Crippen molar-refractivity contribution in [2.75, 3.05) is 44.2 Å². The largest absolute Gasteiger partial charge is 0.401 e. The van der Waals surface area contributed by atoms with Crippen molar-refractivity contribution >= 4 is 34.6 Å². The highest BCUT2D eigenvalue weighted by Crippen LogP contribution is 2.25. The fraction of sp³-hybridized carbons (Fsp3) is 0.529. The van der Waals surface area contributed by atoms with E-state index in [-0.39, 0.29) is 19.0 Å². The number of pyridine rings is 1. The van der Waals surface area contributed by atoms with Crippen LogP contribution in [0.4, 0.5) is 18.9 Å². The first-order valence-corrected chi connectivity index (χ1v) is 9.29. The molecule has 2 aliphatic heterocycles. The summed E-state index contributed by atoms with van der Waals surface area (Å²) in [7, 11) is 0. The Morgan fingerprint density at radius 1 is 1.29 bits per heavy atom. The molecule has 7 nitrogen and oxygen atoms in total. The summed E-state index contributed by atoms with van der Waals surface area (Å²) >= 11 is 5.34. The Morgan fingerprint density at radius 2 is 2.00 bits per heavy atom. The van der Waals surface area contributed by atoms with E-state index in [1.54, 1.807) is 22.1 Å². The second-order valence-corrected chi connectivity index (χ2v) is 7.03. The van der Waals surface area contributed by atoms with Gasteiger partial charge in [-0.2, -0.15) is 18.3 Å². The molecule has 11 heteroatoms. The number of anilines is 1. The lowest BCUT2D eigenvalue weighted by atomic mass is 10.1. The molecular formula is C17H21F3N6OS. The molecular weight excluding hydrogens is 393 g/mol. The van der Waals surface area contributed by atoms with E-state index >= 15 is 0 Å². The van der Waals surface area contributed by atoms with Gasteiger partial charge in [0.25, 0.3) is 0 Å². The van der Waals surface area contributed by atoms with Crippen LogP contribution in [-0.4, -0.2) is 77.0 Å². The zero-order valence-electron chi connectivity index (χ0n) is 15.4. The summed E-state index contributed by atoms with van der Waals surface area (Å²) in [6.45, 7) is 2.48. The number of carbonyl (C=O) groups excluding carboxylic acids is 1. The third-order valence-corrected chi connectivity index (χ3v) is 5.00. The zero-order valence-corrected chi connectivity index (χ0v) is 16.2. The van der Waals surface area contributed by atoms with E-state index < -0.39 is 12.7 Å². The molecule has 1 saturated heterocycles. The predicted molar refractivity (Wildman–Crippen MR) is 103 cm³/mol. The van der Waals surface area contributed by atoms with E-state index in [2.05, 4.69) is 15.5 Å². The maximum Gasteiger partial charge on any atom is 0.401 e. The molecule has 28 heavy (non-hydrogen) atoms. The maximum absolute atomic E-state index is 12.5. The molecule has 3 rings (SSSR count). The van der Waals surface area contributed by atoms with Crippen LogP contribution in [0.25, 0.3) is 0 Å². The lowest BCUT2D eigenvalue weighted by Gasteiger charge is -2.36. The van der Waals surface area contributed by atoms with Crippen LogP contribution in [0.2, 0.25) is 0 Å². The van der Waals surface area contributed by atoms with Crippen LogP contribution in [-0.2, 0) is 4.79 Å². The number of nitrogens with one attached hydrogen (secondary N) is 1. The molecule has 0 atom stereocenters. The minimum atomic E-state index is -4.19. The average molecular weight is 414 g/mol. The van der Waals surface area contributed by atoms with Gasteiger partial charge in [0, 0.05) is 52.3 Å². The summed E-state index contributed by atoms with van der Waals surface area (Å²) in [4.78, 5) is 20.9. The molecule has 2 aliphatic rings. The van der Waals surface area contributed by atoms with Crippen LogP contribution in [0.5, 0.6) is 0 Å². The number of alkyl halides is 3. The van der Waals surface area contributed by atoms with Gasteiger partial charge in [0.15, 0.2) is 5.11 Å². The number of hydrogen-bond donors (Lipinski definition) is 1. The number of amides is 1. The summed E-state index contributed by atoms with van der Waals surface area (Å²) in [5, 5.41) is 4.73. The Hall–Kier alpha value is -2.27. The van der Waals surface area contributed by atoms with Gasteiger partial charge in [-0.1, -0.05) is 0 Å². The SMILES string of the molecule is CC(=O)N1CC/C(=N/NC(=S)N2CCN(CC(F)(F)F)CC2)c2ncccc21. The first kappa shape index (κ1) is 20.5. The smallest absolute Gasteiger partial charge is 0.345 e. The third-order valence-electron chi connectivity index (χ3n) is 4.65. The van der Waals surface area contributed by atoms with Crippen molar-refractivity contribution in [1.82, 2.24) is 20.2 Å². The first-order valence-electron chi connectivity index (χ1n) is 8.88. The van der Waals surface area contributed by atoms with Crippen molar-refractivity contribution in [3.63, 3.8) is 0 Å². The number of nitrogens with zero attached hydrogens (tertiary/aromatic N) is 5. The standard InChI is InChI=1S/C17H21F3N6OS/c1-12(27)26-6-4-13(15-14(26)3-2-5-21-15)22-23-16(28)25-9-7-24(8-10-25)11-17(18,19)20/h2-3,5H,4,6-11H2,1H3,(H,23,28)/b22-13-. The van der Waals surface area contributed by atoms with Gasteiger partial charge in [0.2, 0.25) is 5.91 Å². The van der Waals surface area contributed by atoms with Crippen molar-refractivity contribution in [1.29, 1.82) is 0 Å². The number of carbonyl (C=O) groups is 1. The van der Waals surface area contributed by atoms with Gasteiger partial charge < -0.3 is 9.80 Å². The fourth-order valence-corrected chi connectivity index (χ4v) is 3.51. The summed E-state index contributed by atoms with van der Waals surface area (Å²) < 4.78 is 37.4. The van der Waals surface area contributed by atoms with E-state index in [0.29, 0.717) is 48.3 Å². The van der Waals surface area contributed by atoms with E-state index in [4.69, 9.17) is 12.2 Å². The number of hydrogen-bond acceptors (Lipinski definition) is 5. The second kappa shape index (κ2) is 8.39. The van der Waals surface area contributed by atoms with Crippen molar-refractivity contribution in [2.24, 2.45) is 5.10 Å². The van der Waals surface area contributed by atoms with Gasteiger partial charge in [-0.15, -0.1) is 0 Å². The lowest BCUT2D eigenvalue weighted by Crippen LogP contribution is -2.52. The molecule has 1 aromatic rings.